The summed E-state index contributed by atoms with van der Waals surface area (Å²) >= 11 is 12.1. The quantitative estimate of drug-likeness (QED) is 0.0327. The number of hydrogen-bond acceptors (Lipinski definition) is 8. The summed E-state index contributed by atoms with van der Waals surface area (Å²) < 4.78 is 0. The zero-order chi connectivity index (χ0) is 51.1. The predicted molar refractivity (Wildman–Crippen MR) is 342 cm³/mol. The molecular weight excluding hydrogens is 1020 g/mol. The van der Waals surface area contributed by atoms with Crippen LogP contribution in [-0.2, 0) is 12.8 Å². The summed E-state index contributed by atoms with van der Waals surface area (Å²) in [4.78, 5) is 20.3. The van der Waals surface area contributed by atoms with Crippen molar-refractivity contribution in [2.24, 2.45) is 21.8 Å². The third-order valence-electron chi connectivity index (χ3n) is 17.0. The highest BCUT2D eigenvalue weighted by atomic mass is 32.2. The maximum absolute atomic E-state index is 5.61. The Morgan fingerprint density at radius 2 is 0.849 bits per heavy atom. The lowest BCUT2D eigenvalue weighted by Gasteiger charge is -2.35. The molecule has 3 aliphatic rings. The fraction of sp³-hybridized carbons (Fsp3) is 0.719. The van der Waals surface area contributed by atoms with E-state index in [0.29, 0.717) is 0 Å². The van der Waals surface area contributed by atoms with Crippen molar-refractivity contribution >= 4 is 97.4 Å². The Balaban J connectivity index is 1.04. The fourth-order valence-electron chi connectivity index (χ4n) is 12.4. The zero-order valence-electron chi connectivity index (χ0n) is 47.1. The van der Waals surface area contributed by atoms with Gasteiger partial charge in [0.15, 0.2) is 0 Å². The molecule has 4 aromatic rings. The van der Waals surface area contributed by atoms with E-state index in [2.05, 4.69) is 111 Å². The highest BCUT2D eigenvalue weighted by Gasteiger charge is 2.49. The monoisotopic (exact) mass is 1120 g/mol. The Hall–Kier alpha value is -0.943. The largest absolute Gasteiger partial charge is 0.259 e. The molecule has 0 aliphatic carbocycles. The number of aryl methyl sites for hydroxylation is 2. The summed E-state index contributed by atoms with van der Waals surface area (Å²) in [6, 6.07) is 13.3. The Kier molecular flexibility index (Phi) is 26.9. The molecule has 4 aromatic heterocycles. The summed E-state index contributed by atoms with van der Waals surface area (Å²) in [5, 5.41) is 11.3. The van der Waals surface area contributed by atoms with Crippen molar-refractivity contribution in [3.05, 3.63) is 55.9 Å². The molecule has 406 valence electrons. The molecule has 73 heavy (non-hydrogen) atoms. The molecule has 7 heterocycles. The number of thiophene rings is 4. The molecular formula is C64H100N2S6Si. The maximum atomic E-state index is 5.61. The highest BCUT2D eigenvalue weighted by Crippen LogP contribution is 2.50. The molecule has 9 heteroatoms. The first-order chi connectivity index (χ1) is 36.0. The molecule has 0 bridgehead atoms. The molecule has 0 radical (unpaired) electrons. The molecule has 4 atom stereocenters. The van der Waals surface area contributed by atoms with E-state index in [1.54, 1.807) is 15.3 Å². The van der Waals surface area contributed by atoms with Crippen LogP contribution in [0, 0.1) is 11.8 Å². The smallest absolute Gasteiger partial charge is 0.135 e. The number of fused-ring (bicyclic) bond motifs is 4. The first-order valence-corrected chi connectivity index (χ1v) is 38.4. The summed E-state index contributed by atoms with van der Waals surface area (Å²) in [5.41, 5.74) is 3.08. The Bertz CT molecular complexity index is 2210. The second kappa shape index (κ2) is 32.8. The summed E-state index contributed by atoms with van der Waals surface area (Å²) in [5.74, 6) is 1.66. The predicted octanol–water partition coefficient (Wildman–Crippen LogP) is 22.4. The van der Waals surface area contributed by atoms with Crippen LogP contribution in [-0.4, -0.2) is 28.9 Å². The average molecular weight is 1120 g/mol. The van der Waals surface area contributed by atoms with Gasteiger partial charge in [-0.05, 0) is 100 Å². The van der Waals surface area contributed by atoms with Gasteiger partial charge in [-0.25, -0.2) is 0 Å². The summed E-state index contributed by atoms with van der Waals surface area (Å²) in [7, 11) is -1.97. The van der Waals surface area contributed by atoms with Gasteiger partial charge < -0.3 is 0 Å². The Labute approximate surface area is 473 Å². The SMILES string of the molecule is CCCCCCCCCCCCCCc1ccsc1C1=NC2SC(c3sc(-c4cc5c(s4)-c4sccc4[Si]5(CC(CC)CCCC)CC(CC)CCCC)cc3CCCCCCCCCCCCCC)=NC2S1. The standard InChI is InChI=1S/C64H100N2S6Si/c1-7-13-17-19-21-23-25-27-29-31-33-35-39-51-41-43-67-57(51)61-65-63-64(71-61)66-62(72-63)58-52(40-36-34-32-30-28-26-24-22-20-18-14-8-2)45-53(69-58)54-46-56-60(70-54)59-55(42-44-68-59)73(56,47-49(11-5)37-15-9-3)48-50(12-6)38-16-10-4/h41-46,49-50,63-64H,7-40,47-48H2,1-6H3. The van der Waals surface area contributed by atoms with Crippen LogP contribution in [0.2, 0.25) is 12.1 Å². The topological polar surface area (TPSA) is 24.7 Å². The Morgan fingerprint density at radius 3 is 1.36 bits per heavy atom. The lowest BCUT2D eigenvalue weighted by atomic mass is 10.0. The van der Waals surface area contributed by atoms with Crippen LogP contribution < -0.4 is 10.4 Å². The van der Waals surface area contributed by atoms with E-state index in [1.165, 1.54) is 266 Å². The maximum Gasteiger partial charge on any atom is 0.135 e. The fourth-order valence-corrected chi connectivity index (χ4v) is 27.6. The van der Waals surface area contributed by atoms with Gasteiger partial charge >= 0.3 is 0 Å². The van der Waals surface area contributed by atoms with E-state index >= 15 is 0 Å². The van der Waals surface area contributed by atoms with Crippen LogP contribution in [0.1, 0.15) is 268 Å². The first kappa shape index (κ1) is 59.7. The molecule has 0 saturated heterocycles. The normalized spacial score (nSPS) is 18.9. The van der Waals surface area contributed by atoms with E-state index < -0.39 is 8.07 Å². The van der Waals surface area contributed by atoms with Crippen LogP contribution >= 0.6 is 68.9 Å². The number of unbranched alkanes of at least 4 members (excludes halogenated alkanes) is 24. The van der Waals surface area contributed by atoms with Gasteiger partial charge in [0.2, 0.25) is 0 Å². The minimum Gasteiger partial charge on any atom is -0.259 e. The molecule has 3 aliphatic heterocycles. The average Bonchev–Trinajstić information content (AvgIpc) is 4.28. The van der Waals surface area contributed by atoms with Crippen molar-refractivity contribution in [1.82, 2.24) is 0 Å². The van der Waals surface area contributed by atoms with E-state index in [4.69, 9.17) is 9.98 Å². The van der Waals surface area contributed by atoms with E-state index in [9.17, 15) is 0 Å². The molecule has 0 amide bonds. The van der Waals surface area contributed by atoms with Crippen LogP contribution in [0.3, 0.4) is 0 Å². The molecule has 4 unspecified atom stereocenters. The van der Waals surface area contributed by atoms with Gasteiger partial charge in [0.05, 0.1) is 9.75 Å². The molecule has 0 aromatic carbocycles. The van der Waals surface area contributed by atoms with E-state index in [-0.39, 0.29) is 10.7 Å². The van der Waals surface area contributed by atoms with Crippen molar-refractivity contribution in [1.29, 1.82) is 0 Å². The molecule has 0 spiro atoms. The van der Waals surface area contributed by atoms with Gasteiger partial charge in [-0.3, -0.25) is 9.98 Å². The van der Waals surface area contributed by atoms with Gasteiger partial charge in [-0.15, -0.1) is 45.3 Å². The second-order valence-electron chi connectivity index (χ2n) is 22.7. The minimum atomic E-state index is -1.97. The van der Waals surface area contributed by atoms with Crippen LogP contribution in [0.25, 0.3) is 19.5 Å². The van der Waals surface area contributed by atoms with Crippen molar-refractivity contribution in [2.45, 2.75) is 283 Å². The molecule has 0 fully saturated rings. The number of rotatable bonds is 41. The van der Waals surface area contributed by atoms with Gasteiger partial charge in [0.25, 0.3) is 0 Å². The summed E-state index contributed by atoms with van der Waals surface area (Å²) in [6.07, 6.45) is 46.7. The summed E-state index contributed by atoms with van der Waals surface area (Å²) in [6.45, 7) is 14.4. The van der Waals surface area contributed by atoms with Crippen LogP contribution in [0.15, 0.2) is 45.0 Å². The van der Waals surface area contributed by atoms with Gasteiger partial charge in [0, 0.05) is 19.5 Å². The van der Waals surface area contributed by atoms with Crippen molar-refractivity contribution in [3.8, 4) is 19.5 Å². The number of hydrogen-bond donors (Lipinski definition) is 0. The lowest BCUT2D eigenvalue weighted by Crippen LogP contribution is -2.56. The third kappa shape index (κ3) is 17.0. The van der Waals surface area contributed by atoms with Crippen LogP contribution in [0.4, 0.5) is 0 Å². The second-order valence-corrected chi connectivity index (χ2v) is 32.9. The van der Waals surface area contributed by atoms with Crippen LogP contribution in [0.5, 0.6) is 0 Å². The van der Waals surface area contributed by atoms with Crippen molar-refractivity contribution in [3.63, 3.8) is 0 Å². The number of aliphatic imine (C=N–C) groups is 2. The molecule has 2 nitrogen and oxygen atoms in total. The molecule has 0 N–H and O–H groups in total. The number of thioether (sulfide) groups is 2. The number of nitrogens with zero attached hydrogens (tertiary/aromatic N) is 2. The van der Waals surface area contributed by atoms with Gasteiger partial charge in [0.1, 0.15) is 28.9 Å². The van der Waals surface area contributed by atoms with E-state index in [1.807, 2.05) is 45.2 Å². The first-order valence-electron chi connectivity index (χ1n) is 30.9. The van der Waals surface area contributed by atoms with Crippen molar-refractivity contribution < 1.29 is 0 Å². The molecule has 0 saturated carbocycles. The highest BCUT2D eigenvalue weighted by molar-refractivity contribution is 8.20. The minimum absolute atomic E-state index is 0.189. The van der Waals surface area contributed by atoms with Gasteiger partial charge in [-0.2, -0.15) is 0 Å². The van der Waals surface area contributed by atoms with E-state index in [0.717, 1.165) is 11.8 Å². The lowest BCUT2D eigenvalue weighted by molar-refractivity contribution is 0.469. The van der Waals surface area contributed by atoms with Crippen molar-refractivity contribution in [2.75, 3.05) is 0 Å². The zero-order valence-corrected chi connectivity index (χ0v) is 53.0. The molecule has 7 rings (SSSR count). The Morgan fingerprint density at radius 1 is 0.425 bits per heavy atom. The third-order valence-corrected chi connectivity index (χ3v) is 30.0. The van der Waals surface area contributed by atoms with Gasteiger partial charge in [-0.1, -0.05) is 264 Å².